The Morgan fingerprint density at radius 2 is 1.95 bits per heavy atom. The highest BCUT2D eigenvalue weighted by atomic mass is 16.2. The molecule has 0 saturated heterocycles. The fraction of sp³-hybridized carbons (Fsp3) is 0.714. The van der Waals surface area contributed by atoms with E-state index in [-0.39, 0.29) is 30.2 Å². The minimum Gasteiger partial charge on any atom is -0.353 e. The molecular formula is C14H26N6O2. The molecular weight excluding hydrogens is 284 g/mol. The topological polar surface area (TPSA) is 115 Å². The summed E-state index contributed by atoms with van der Waals surface area (Å²) in [4.78, 5) is 23.3. The van der Waals surface area contributed by atoms with Crippen LogP contribution < -0.4 is 16.4 Å². The van der Waals surface area contributed by atoms with Crippen LogP contribution in [0.4, 0.5) is 0 Å². The number of amides is 2. The lowest BCUT2D eigenvalue weighted by atomic mass is 10.1. The molecule has 1 heterocycles. The van der Waals surface area contributed by atoms with Crippen LogP contribution in [0.2, 0.25) is 0 Å². The summed E-state index contributed by atoms with van der Waals surface area (Å²) in [5, 5.41) is 13.2. The number of hydrogen-bond donors (Lipinski definition) is 3. The summed E-state index contributed by atoms with van der Waals surface area (Å²) < 4.78 is 1.90. The second kappa shape index (κ2) is 8.47. The lowest BCUT2D eigenvalue weighted by Gasteiger charge is -2.15. The monoisotopic (exact) mass is 310 g/mol. The maximum Gasteiger partial charge on any atom is 0.239 e. The molecule has 2 amide bonds. The van der Waals surface area contributed by atoms with E-state index >= 15 is 0 Å². The van der Waals surface area contributed by atoms with Gasteiger partial charge in [0, 0.05) is 19.0 Å². The summed E-state index contributed by atoms with van der Waals surface area (Å²) in [6.07, 6.45) is 1.64. The van der Waals surface area contributed by atoms with E-state index in [1.54, 1.807) is 6.33 Å². The molecule has 0 bridgehead atoms. The maximum atomic E-state index is 11.7. The fourth-order valence-electron chi connectivity index (χ4n) is 1.85. The number of carbonyl (C=O) groups excluding carboxylic acids is 2. The molecule has 22 heavy (non-hydrogen) atoms. The van der Waals surface area contributed by atoms with Crippen LogP contribution in [-0.2, 0) is 16.1 Å². The highest BCUT2D eigenvalue weighted by molar-refractivity contribution is 5.87. The molecule has 124 valence electrons. The molecule has 1 aromatic heterocycles. The molecule has 0 fully saturated rings. The smallest absolute Gasteiger partial charge is 0.239 e. The SMILES string of the molecule is CC(C)c1nncn1CCNC(=O)CNC(=O)[C@@H](N)C(C)C. The van der Waals surface area contributed by atoms with Crippen molar-refractivity contribution < 1.29 is 9.59 Å². The van der Waals surface area contributed by atoms with E-state index in [2.05, 4.69) is 20.8 Å². The van der Waals surface area contributed by atoms with Gasteiger partial charge in [0.15, 0.2) is 0 Å². The molecule has 0 aliphatic carbocycles. The first-order chi connectivity index (χ1) is 10.3. The van der Waals surface area contributed by atoms with Gasteiger partial charge in [-0.3, -0.25) is 9.59 Å². The van der Waals surface area contributed by atoms with Crippen molar-refractivity contribution >= 4 is 11.8 Å². The molecule has 0 radical (unpaired) electrons. The van der Waals surface area contributed by atoms with Crippen LogP contribution in [0, 0.1) is 5.92 Å². The number of hydrogen-bond acceptors (Lipinski definition) is 5. The summed E-state index contributed by atoms with van der Waals surface area (Å²) in [5.41, 5.74) is 5.69. The van der Waals surface area contributed by atoms with Crippen molar-refractivity contribution in [2.45, 2.75) is 46.2 Å². The Morgan fingerprint density at radius 3 is 2.55 bits per heavy atom. The van der Waals surface area contributed by atoms with Gasteiger partial charge in [-0.1, -0.05) is 27.7 Å². The van der Waals surface area contributed by atoms with Gasteiger partial charge in [-0.15, -0.1) is 10.2 Å². The highest BCUT2D eigenvalue weighted by Crippen LogP contribution is 2.09. The third-order valence-corrected chi connectivity index (χ3v) is 3.28. The van der Waals surface area contributed by atoms with Crippen molar-refractivity contribution in [2.24, 2.45) is 11.7 Å². The minimum atomic E-state index is -0.599. The van der Waals surface area contributed by atoms with E-state index < -0.39 is 6.04 Å². The van der Waals surface area contributed by atoms with Gasteiger partial charge in [0.2, 0.25) is 11.8 Å². The second-order valence-corrected chi connectivity index (χ2v) is 5.87. The van der Waals surface area contributed by atoms with Crippen LogP contribution >= 0.6 is 0 Å². The van der Waals surface area contributed by atoms with Gasteiger partial charge in [0.25, 0.3) is 0 Å². The Hall–Kier alpha value is -1.96. The molecule has 0 aromatic carbocycles. The van der Waals surface area contributed by atoms with Crippen molar-refractivity contribution in [3.05, 3.63) is 12.2 Å². The summed E-state index contributed by atoms with van der Waals surface area (Å²) in [5.74, 6) is 0.626. The summed E-state index contributed by atoms with van der Waals surface area (Å²) in [6.45, 7) is 8.75. The average Bonchev–Trinajstić information content (AvgIpc) is 2.92. The van der Waals surface area contributed by atoms with Gasteiger partial charge in [0.1, 0.15) is 12.2 Å². The first kappa shape index (κ1) is 18.1. The predicted molar refractivity (Wildman–Crippen MR) is 82.9 cm³/mol. The molecule has 1 aromatic rings. The van der Waals surface area contributed by atoms with Crippen LogP contribution in [0.25, 0.3) is 0 Å². The van der Waals surface area contributed by atoms with Crippen molar-refractivity contribution in [1.82, 2.24) is 25.4 Å². The van der Waals surface area contributed by atoms with Gasteiger partial charge < -0.3 is 20.9 Å². The molecule has 0 unspecified atom stereocenters. The number of rotatable bonds is 8. The Morgan fingerprint density at radius 1 is 1.27 bits per heavy atom. The van der Waals surface area contributed by atoms with E-state index in [0.717, 1.165) is 5.82 Å². The van der Waals surface area contributed by atoms with Crippen LogP contribution in [0.1, 0.15) is 39.4 Å². The third-order valence-electron chi connectivity index (χ3n) is 3.28. The minimum absolute atomic E-state index is 0.0336. The molecule has 0 saturated carbocycles. The molecule has 8 heteroatoms. The van der Waals surface area contributed by atoms with Crippen LogP contribution in [-0.4, -0.2) is 45.7 Å². The summed E-state index contributed by atoms with van der Waals surface area (Å²) in [7, 11) is 0. The van der Waals surface area contributed by atoms with Crippen LogP contribution in [0.3, 0.4) is 0 Å². The predicted octanol–water partition coefficient (Wildman–Crippen LogP) is -0.383. The van der Waals surface area contributed by atoms with Gasteiger partial charge >= 0.3 is 0 Å². The zero-order valence-corrected chi connectivity index (χ0v) is 13.7. The van der Waals surface area contributed by atoms with Crippen molar-refractivity contribution in [3.63, 3.8) is 0 Å². The zero-order chi connectivity index (χ0) is 16.7. The molecule has 0 aliphatic heterocycles. The lowest BCUT2D eigenvalue weighted by molar-refractivity contribution is -0.127. The normalized spacial score (nSPS) is 12.5. The molecule has 1 atom stereocenters. The number of aromatic nitrogens is 3. The van der Waals surface area contributed by atoms with Crippen molar-refractivity contribution in [1.29, 1.82) is 0 Å². The zero-order valence-electron chi connectivity index (χ0n) is 13.7. The van der Waals surface area contributed by atoms with Crippen molar-refractivity contribution in [2.75, 3.05) is 13.1 Å². The van der Waals surface area contributed by atoms with Crippen LogP contribution in [0.15, 0.2) is 6.33 Å². The van der Waals surface area contributed by atoms with Crippen molar-refractivity contribution in [3.8, 4) is 0 Å². The lowest BCUT2D eigenvalue weighted by Crippen LogP contribution is -2.47. The summed E-state index contributed by atoms with van der Waals surface area (Å²) in [6, 6.07) is -0.599. The third kappa shape index (κ3) is 5.44. The fourth-order valence-corrected chi connectivity index (χ4v) is 1.85. The molecule has 0 spiro atoms. The Balaban J connectivity index is 2.29. The van der Waals surface area contributed by atoms with Gasteiger partial charge in [-0.05, 0) is 5.92 Å². The van der Waals surface area contributed by atoms with Gasteiger partial charge in [-0.2, -0.15) is 0 Å². The van der Waals surface area contributed by atoms with Crippen LogP contribution in [0.5, 0.6) is 0 Å². The van der Waals surface area contributed by atoms with Gasteiger partial charge in [0.05, 0.1) is 12.6 Å². The number of nitrogens with zero attached hydrogens (tertiary/aromatic N) is 3. The van der Waals surface area contributed by atoms with Gasteiger partial charge in [-0.25, -0.2) is 0 Å². The van der Waals surface area contributed by atoms with E-state index in [1.807, 2.05) is 32.3 Å². The maximum absolute atomic E-state index is 11.7. The number of nitrogens with two attached hydrogens (primary N) is 1. The highest BCUT2D eigenvalue weighted by Gasteiger charge is 2.17. The average molecular weight is 310 g/mol. The first-order valence-corrected chi connectivity index (χ1v) is 7.50. The molecule has 0 aliphatic rings. The van der Waals surface area contributed by atoms with E-state index in [9.17, 15) is 9.59 Å². The second-order valence-electron chi connectivity index (χ2n) is 5.87. The Bertz CT molecular complexity index is 497. The Labute approximate surface area is 130 Å². The molecule has 4 N–H and O–H groups in total. The van der Waals surface area contributed by atoms with E-state index in [0.29, 0.717) is 13.1 Å². The largest absolute Gasteiger partial charge is 0.353 e. The number of carbonyl (C=O) groups is 2. The van der Waals surface area contributed by atoms with E-state index in [1.165, 1.54) is 0 Å². The van der Waals surface area contributed by atoms with E-state index in [4.69, 9.17) is 5.73 Å². The number of nitrogens with one attached hydrogen (secondary N) is 2. The Kier molecular flexibility index (Phi) is 6.97. The quantitative estimate of drug-likeness (QED) is 0.605. The first-order valence-electron chi connectivity index (χ1n) is 7.50. The summed E-state index contributed by atoms with van der Waals surface area (Å²) >= 11 is 0. The standard InChI is InChI=1S/C14H26N6O2/c1-9(2)12(15)14(22)17-7-11(21)16-5-6-20-8-18-19-13(20)10(3)4/h8-10,12H,5-7,15H2,1-4H3,(H,16,21)(H,17,22)/t12-/m0/s1. The molecule has 8 nitrogen and oxygen atoms in total. The molecule has 1 rings (SSSR count).